The van der Waals surface area contributed by atoms with E-state index in [0.717, 1.165) is 16.8 Å². The number of nitrogens with one attached hydrogen (secondary N) is 2. The minimum absolute atomic E-state index is 0.278. The Morgan fingerprint density at radius 2 is 1.71 bits per heavy atom. The molecule has 1 aromatic heterocycles. The summed E-state index contributed by atoms with van der Waals surface area (Å²) in [5.74, 6) is 0.219. The molecule has 5 nitrogen and oxygen atoms in total. The van der Waals surface area contributed by atoms with Crippen molar-refractivity contribution in [2.24, 2.45) is 0 Å². The van der Waals surface area contributed by atoms with Crippen LogP contribution in [-0.2, 0) is 0 Å². The van der Waals surface area contributed by atoms with Gasteiger partial charge in [0.2, 0.25) is 0 Å². The third-order valence-electron chi connectivity index (χ3n) is 3.45. The van der Waals surface area contributed by atoms with Crippen molar-refractivity contribution in [1.29, 1.82) is 0 Å². The minimum Gasteiger partial charge on any atom is -0.280 e. The zero-order chi connectivity index (χ0) is 16.9. The molecule has 3 aromatic rings. The Labute approximate surface area is 144 Å². The summed E-state index contributed by atoms with van der Waals surface area (Å²) in [7, 11) is 0. The maximum absolute atomic E-state index is 12.1. The highest BCUT2D eigenvalue weighted by Crippen LogP contribution is 2.19. The van der Waals surface area contributed by atoms with Crippen molar-refractivity contribution in [2.45, 2.75) is 6.92 Å². The second kappa shape index (κ2) is 7.10. The number of aromatic nitrogens is 2. The summed E-state index contributed by atoms with van der Waals surface area (Å²) in [6, 6.07) is 18.3. The van der Waals surface area contributed by atoms with Crippen molar-refractivity contribution in [1.82, 2.24) is 15.6 Å². The lowest BCUT2D eigenvalue weighted by molar-refractivity contribution is 0.0962. The Bertz CT molecular complexity index is 851. The molecule has 2 aromatic carbocycles. The Hall–Kier alpha value is -2.92. The van der Waals surface area contributed by atoms with Crippen molar-refractivity contribution < 1.29 is 4.79 Å². The van der Waals surface area contributed by atoms with Gasteiger partial charge in [-0.2, -0.15) is 0 Å². The minimum atomic E-state index is -0.278. The lowest BCUT2D eigenvalue weighted by Gasteiger charge is -2.10. The van der Waals surface area contributed by atoms with Gasteiger partial charge in [0.25, 0.3) is 5.91 Å². The van der Waals surface area contributed by atoms with Crippen LogP contribution in [0, 0.1) is 6.92 Å². The molecular formula is C18H15ClN4O. The molecule has 1 amide bonds. The molecule has 0 atom stereocenters. The number of nitrogens with zero attached hydrogens (tertiary/aromatic N) is 2. The third-order valence-corrected chi connectivity index (χ3v) is 3.71. The molecule has 2 N–H and O–H groups in total. The van der Waals surface area contributed by atoms with Crippen LogP contribution in [0.2, 0.25) is 5.02 Å². The number of hydrogen-bond donors (Lipinski definition) is 2. The number of halogens is 1. The molecule has 0 aliphatic heterocycles. The molecule has 0 aliphatic rings. The standard InChI is InChI=1S/C18H15ClN4O/c1-12-11-16(13-5-3-2-4-6-13)20-21-17(12)22-23-18(24)14-7-9-15(19)10-8-14/h2-11H,1H3,(H,21,22)(H,23,24). The highest BCUT2D eigenvalue weighted by Gasteiger charge is 2.08. The van der Waals surface area contributed by atoms with Crippen LogP contribution in [0.3, 0.4) is 0 Å². The van der Waals surface area contributed by atoms with E-state index in [-0.39, 0.29) is 5.91 Å². The molecular weight excluding hydrogens is 324 g/mol. The van der Waals surface area contributed by atoms with Crippen LogP contribution in [0.4, 0.5) is 5.82 Å². The number of aryl methyl sites for hydroxylation is 1. The number of hydrazine groups is 1. The molecule has 0 saturated carbocycles. The van der Waals surface area contributed by atoms with Gasteiger partial charge in [0.05, 0.1) is 5.69 Å². The maximum atomic E-state index is 12.1. The van der Waals surface area contributed by atoms with Crippen LogP contribution in [0.25, 0.3) is 11.3 Å². The number of rotatable bonds is 4. The average molecular weight is 339 g/mol. The van der Waals surface area contributed by atoms with Crippen LogP contribution in [-0.4, -0.2) is 16.1 Å². The summed E-state index contributed by atoms with van der Waals surface area (Å²) in [5.41, 5.74) is 8.54. The van der Waals surface area contributed by atoms with Crippen LogP contribution in [0.5, 0.6) is 0 Å². The zero-order valence-electron chi connectivity index (χ0n) is 13.0. The Morgan fingerprint density at radius 3 is 2.38 bits per heavy atom. The molecule has 0 aliphatic carbocycles. The van der Waals surface area contributed by atoms with Gasteiger partial charge in [-0.1, -0.05) is 41.9 Å². The number of carbonyl (C=O) groups excluding carboxylic acids is 1. The molecule has 0 unspecified atom stereocenters. The van der Waals surface area contributed by atoms with Gasteiger partial charge in [-0.3, -0.25) is 15.6 Å². The van der Waals surface area contributed by atoms with E-state index in [1.54, 1.807) is 24.3 Å². The smallest absolute Gasteiger partial charge is 0.269 e. The van der Waals surface area contributed by atoms with Gasteiger partial charge in [-0.25, -0.2) is 0 Å². The van der Waals surface area contributed by atoms with Gasteiger partial charge < -0.3 is 0 Å². The number of carbonyl (C=O) groups is 1. The van der Waals surface area contributed by atoms with Crippen molar-refractivity contribution in [3.8, 4) is 11.3 Å². The van der Waals surface area contributed by atoms with Crippen LogP contribution in [0.15, 0.2) is 60.7 Å². The van der Waals surface area contributed by atoms with E-state index in [9.17, 15) is 4.79 Å². The Morgan fingerprint density at radius 1 is 1.00 bits per heavy atom. The van der Waals surface area contributed by atoms with E-state index in [0.29, 0.717) is 16.4 Å². The fourth-order valence-electron chi connectivity index (χ4n) is 2.15. The zero-order valence-corrected chi connectivity index (χ0v) is 13.7. The molecule has 0 radical (unpaired) electrons. The Kier molecular flexibility index (Phi) is 4.72. The number of amides is 1. The van der Waals surface area contributed by atoms with Gasteiger partial charge in [0.15, 0.2) is 5.82 Å². The number of benzene rings is 2. The van der Waals surface area contributed by atoms with Crippen molar-refractivity contribution >= 4 is 23.3 Å². The summed E-state index contributed by atoms with van der Waals surface area (Å²) >= 11 is 5.81. The summed E-state index contributed by atoms with van der Waals surface area (Å²) in [4.78, 5) is 12.1. The van der Waals surface area contributed by atoms with E-state index in [2.05, 4.69) is 21.0 Å². The van der Waals surface area contributed by atoms with Crippen LogP contribution in [0.1, 0.15) is 15.9 Å². The molecule has 0 saturated heterocycles. The number of hydrogen-bond acceptors (Lipinski definition) is 4. The van der Waals surface area contributed by atoms with Crippen molar-refractivity contribution in [2.75, 3.05) is 5.43 Å². The van der Waals surface area contributed by atoms with Crippen LogP contribution >= 0.6 is 11.6 Å². The molecule has 0 bridgehead atoms. The summed E-state index contributed by atoms with van der Waals surface area (Å²) in [6.07, 6.45) is 0. The third kappa shape index (κ3) is 3.70. The van der Waals surface area contributed by atoms with Gasteiger partial charge >= 0.3 is 0 Å². The highest BCUT2D eigenvalue weighted by molar-refractivity contribution is 6.30. The van der Waals surface area contributed by atoms with Crippen molar-refractivity contribution in [3.63, 3.8) is 0 Å². The van der Waals surface area contributed by atoms with Gasteiger partial charge in [0, 0.05) is 16.1 Å². The lowest BCUT2D eigenvalue weighted by Crippen LogP contribution is -2.30. The average Bonchev–Trinajstić information content (AvgIpc) is 2.62. The fraction of sp³-hybridized carbons (Fsp3) is 0.0556. The van der Waals surface area contributed by atoms with Crippen molar-refractivity contribution in [3.05, 3.63) is 76.8 Å². The van der Waals surface area contributed by atoms with E-state index >= 15 is 0 Å². The van der Waals surface area contributed by atoms with E-state index in [1.807, 2.05) is 43.3 Å². The SMILES string of the molecule is Cc1cc(-c2ccccc2)nnc1NNC(=O)c1ccc(Cl)cc1. The first-order valence-electron chi connectivity index (χ1n) is 7.35. The van der Waals surface area contributed by atoms with E-state index < -0.39 is 0 Å². The molecule has 3 rings (SSSR count). The molecule has 0 spiro atoms. The second-order valence-electron chi connectivity index (χ2n) is 5.21. The summed E-state index contributed by atoms with van der Waals surface area (Å²) in [5, 5.41) is 8.91. The first kappa shape index (κ1) is 16.0. The van der Waals surface area contributed by atoms with E-state index in [4.69, 9.17) is 11.6 Å². The fourth-order valence-corrected chi connectivity index (χ4v) is 2.27. The predicted octanol–water partition coefficient (Wildman–Crippen LogP) is 3.86. The quantitative estimate of drug-likeness (QED) is 0.709. The van der Waals surface area contributed by atoms with Gasteiger partial charge in [0.1, 0.15) is 0 Å². The first-order valence-corrected chi connectivity index (χ1v) is 7.73. The molecule has 120 valence electrons. The first-order chi connectivity index (χ1) is 11.6. The molecule has 1 heterocycles. The van der Waals surface area contributed by atoms with Crippen LogP contribution < -0.4 is 10.9 Å². The predicted molar refractivity (Wildman–Crippen MR) is 94.7 cm³/mol. The largest absolute Gasteiger partial charge is 0.280 e. The lowest BCUT2D eigenvalue weighted by atomic mass is 10.1. The topological polar surface area (TPSA) is 66.9 Å². The second-order valence-corrected chi connectivity index (χ2v) is 5.65. The summed E-state index contributed by atoms with van der Waals surface area (Å²) in [6.45, 7) is 1.90. The number of anilines is 1. The highest BCUT2D eigenvalue weighted by atomic mass is 35.5. The molecule has 0 fully saturated rings. The summed E-state index contributed by atoms with van der Waals surface area (Å²) < 4.78 is 0. The van der Waals surface area contributed by atoms with Gasteiger partial charge in [-0.15, -0.1) is 10.2 Å². The molecule has 6 heteroatoms. The van der Waals surface area contributed by atoms with E-state index in [1.165, 1.54) is 0 Å². The maximum Gasteiger partial charge on any atom is 0.269 e. The Balaban J connectivity index is 1.69. The normalized spacial score (nSPS) is 10.2. The molecule has 24 heavy (non-hydrogen) atoms. The van der Waals surface area contributed by atoms with Gasteiger partial charge in [-0.05, 0) is 42.8 Å². The monoisotopic (exact) mass is 338 g/mol.